The van der Waals surface area contributed by atoms with Crippen molar-refractivity contribution in [2.45, 2.75) is 12.5 Å². The average Bonchev–Trinajstić information content (AvgIpc) is 2.85. The Morgan fingerprint density at radius 1 is 1.56 bits per heavy atom. The van der Waals surface area contributed by atoms with Gasteiger partial charge in [0.1, 0.15) is 5.82 Å². The summed E-state index contributed by atoms with van der Waals surface area (Å²) in [5.74, 6) is 0.994. The van der Waals surface area contributed by atoms with Crippen molar-refractivity contribution in [2.75, 3.05) is 7.05 Å². The standard InChI is InChI=1S/C10H11Br2N3S/c1-13-7(5-9-14-2-3-15-9)6-4-8(11)16-10(6)12/h2-4,7,13H,5H2,1H3,(H,14,15). The minimum absolute atomic E-state index is 0.267. The molecule has 0 aromatic carbocycles. The summed E-state index contributed by atoms with van der Waals surface area (Å²) in [5.41, 5.74) is 1.26. The Kier molecular flexibility index (Phi) is 4.18. The molecule has 3 nitrogen and oxygen atoms in total. The highest BCUT2D eigenvalue weighted by molar-refractivity contribution is 9.12. The Bertz CT molecular complexity index is 453. The van der Waals surface area contributed by atoms with E-state index in [2.05, 4.69) is 53.2 Å². The first kappa shape index (κ1) is 12.3. The summed E-state index contributed by atoms with van der Waals surface area (Å²) in [5, 5.41) is 3.31. The molecule has 0 amide bonds. The van der Waals surface area contributed by atoms with E-state index in [-0.39, 0.29) is 6.04 Å². The molecule has 0 saturated heterocycles. The van der Waals surface area contributed by atoms with Gasteiger partial charge in [-0.15, -0.1) is 11.3 Å². The van der Waals surface area contributed by atoms with Crippen molar-refractivity contribution in [3.8, 4) is 0 Å². The molecule has 1 atom stereocenters. The van der Waals surface area contributed by atoms with Crippen molar-refractivity contribution in [3.05, 3.63) is 37.4 Å². The first-order chi connectivity index (χ1) is 7.70. The van der Waals surface area contributed by atoms with Gasteiger partial charge in [-0.05, 0) is 50.5 Å². The number of likely N-dealkylation sites (N-methyl/N-ethyl adjacent to an activating group) is 1. The SMILES string of the molecule is CNC(Cc1ncc[nH]1)c1cc(Br)sc1Br. The van der Waals surface area contributed by atoms with E-state index in [1.807, 2.05) is 13.2 Å². The van der Waals surface area contributed by atoms with Crippen molar-refractivity contribution < 1.29 is 0 Å². The van der Waals surface area contributed by atoms with E-state index in [9.17, 15) is 0 Å². The number of imidazole rings is 1. The molecule has 0 fully saturated rings. The maximum Gasteiger partial charge on any atom is 0.107 e. The molecule has 0 spiro atoms. The van der Waals surface area contributed by atoms with E-state index in [4.69, 9.17) is 0 Å². The third-order valence-electron chi connectivity index (χ3n) is 2.36. The van der Waals surface area contributed by atoms with Crippen LogP contribution in [0, 0.1) is 0 Å². The van der Waals surface area contributed by atoms with Crippen LogP contribution in [0.5, 0.6) is 0 Å². The Labute approximate surface area is 115 Å². The lowest BCUT2D eigenvalue weighted by Crippen LogP contribution is -2.19. The molecular weight excluding hydrogens is 354 g/mol. The van der Waals surface area contributed by atoms with E-state index in [0.29, 0.717) is 0 Å². The van der Waals surface area contributed by atoms with Gasteiger partial charge in [0.15, 0.2) is 0 Å². The molecule has 0 aliphatic rings. The molecular formula is C10H11Br2N3S. The molecule has 2 N–H and O–H groups in total. The molecule has 0 bridgehead atoms. The van der Waals surface area contributed by atoms with Crippen LogP contribution in [0.3, 0.4) is 0 Å². The van der Waals surface area contributed by atoms with Crippen LogP contribution < -0.4 is 5.32 Å². The minimum Gasteiger partial charge on any atom is -0.349 e. The second-order valence-corrected chi connectivity index (χ2v) is 7.11. The summed E-state index contributed by atoms with van der Waals surface area (Å²) in [4.78, 5) is 7.37. The number of H-pyrrole nitrogens is 1. The summed E-state index contributed by atoms with van der Waals surface area (Å²) in [6.45, 7) is 0. The van der Waals surface area contributed by atoms with Gasteiger partial charge < -0.3 is 10.3 Å². The fourth-order valence-electron chi connectivity index (χ4n) is 1.56. The van der Waals surface area contributed by atoms with Crippen LogP contribution in [0.1, 0.15) is 17.4 Å². The lowest BCUT2D eigenvalue weighted by molar-refractivity contribution is 0.578. The number of halogens is 2. The van der Waals surface area contributed by atoms with Gasteiger partial charge in [0.25, 0.3) is 0 Å². The Hall–Kier alpha value is -0.170. The quantitative estimate of drug-likeness (QED) is 0.871. The largest absolute Gasteiger partial charge is 0.349 e. The number of aromatic amines is 1. The van der Waals surface area contributed by atoms with Crippen molar-refractivity contribution in [1.29, 1.82) is 0 Å². The average molecular weight is 365 g/mol. The van der Waals surface area contributed by atoms with E-state index >= 15 is 0 Å². The van der Waals surface area contributed by atoms with Crippen LogP contribution in [0.2, 0.25) is 0 Å². The topological polar surface area (TPSA) is 40.7 Å². The van der Waals surface area contributed by atoms with Crippen LogP contribution in [0.15, 0.2) is 26.0 Å². The Morgan fingerprint density at radius 2 is 2.38 bits per heavy atom. The van der Waals surface area contributed by atoms with Crippen LogP contribution in [0.4, 0.5) is 0 Å². The predicted octanol–water partition coefficient (Wildman–Crippen LogP) is 3.50. The molecule has 2 heterocycles. The molecule has 2 rings (SSSR count). The zero-order valence-corrected chi connectivity index (χ0v) is 12.6. The fourth-order valence-corrected chi connectivity index (χ4v) is 4.54. The van der Waals surface area contributed by atoms with Crippen molar-refractivity contribution in [3.63, 3.8) is 0 Å². The van der Waals surface area contributed by atoms with Gasteiger partial charge >= 0.3 is 0 Å². The number of rotatable bonds is 4. The maximum atomic E-state index is 4.25. The van der Waals surface area contributed by atoms with E-state index in [1.54, 1.807) is 17.5 Å². The molecule has 0 aliphatic heterocycles. The van der Waals surface area contributed by atoms with Crippen molar-refractivity contribution >= 4 is 43.2 Å². The van der Waals surface area contributed by atoms with Crippen LogP contribution in [-0.2, 0) is 6.42 Å². The molecule has 1 unspecified atom stereocenters. The summed E-state index contributed by atoms with van der Waals surface area (Å²) in [6, 6.07) is 2.40. The van der Waals surface area contributed by atoms with Crippen LogP contribution in [0.25, 0.3) is 0 Å². The number of aromatic nitrogens is 2. The highest BCUT2D eigenvalue weighted by Gasteiger charge is 2.16. The lowest BCUT2D eigenvalue weighted by Gasteiger charge is -2.14. The van der Waals surface area contributed by atoms with Gasteiger partial charge in [-0.1, -0.05) is 0 Å². The molecule has 0 aliphatic carbocycles. The zero-order chi connectivity index (χ0) is 11.5. The lowest BCUT2D eigenvalue weighted by atomic mass is 10.1. The van der Waals surface area contributed by atoms with Crippen LogP contribution in [-0.4, -0.2) is 17.0 Å². The van der Waals surface area contributed by atoms with Crippen molar-refractivity contribution in [2.24, 2.45) is 0 Å². The number of hydrogen-bond donors (Lipinski definition) is 2. The maximum absolute atomic E-state index is 4.25. The molecule has 0 saturated carbocycles. The highest BCUT2D eigenvalue weighted by Crippen LogP contribution is 2.36. The molecule has 6 heteroatoms. The van der Waals surface area contributed by atoms with Gasteiger partial charge in [-0.2, -0.15) is 0 Å². The zero-order valence-electron chi connectivity index (χ0n) is 8.63. The van der Waals surface area contributed by atoms with Gasteiger partial charge in [0, 0.05) is 24.9 Å². The van der Waals surface area contributed by atoms with Crippen LogP contribution >= 0.6 is 43.2 Å². The first-order valence-corrected chi connectivity index (χ1v) is 7.21. The third-order valence-corrected chi connectivity index (χ3v) is 4.75. The second kappa shape index (κ2) is 5.44. The normalized spacial score (nSPS) is 12.9. The monoisotopic (exact) mass is 363 g/mol. The highest BCUT2D eigenvalue weighted by atomic mass is 79.9. The summed E-state index contributed by atoms with van der Waals surface area (Å²) < 4.78 is 2.29. The minimum atomic E-state index is 0.267. The second-order valence-electron chi connectivity index (χ2n) is 3.36. The predicted molar refractivity (Wildman–Crippen MR) is 73.8 cm³/mol. The summed E-state index contributed by atoms with van der Waals surface area (Å²) >= 11 is 8.76. The summed E-state index contributed by atoms with van der Waals surface area (Å²) in [7, 11) is 1.96. The molecule has 2 aromatic rings. The fraction of sp³-hybridized carbons (Fsp3) is 0.300. The number of hydrogen-bond acceptors (Lipinski definition) is 3. The van der Waals surface area contributed by atoms with E-state index in [0.717, 1.165) is 19.8 Å². The first-order valence-electron chi connectivity index (χ1n) is 4.81. The molecule has 0 radical (unpaired) electrons. The van der Waals surface area contributed by atoms with Crippen molar-refractivity contribution in [1.82, 2.24) is 15.3 Å². The van der Waals surface area contributed by atoms with E-state index in [1.165, 1.54) is 5.56 Å². The summed E-state index contributed by atoms with van der Waals surface area (Å²) in [6.07, 6.45) is 4.48. The van der Waals surface area contributed by atoms with Gasteiger partial charge in [0.05, 0.1) is 7.57 Å². The third kappa shape index (κ3) is 2.74. The molecule has 16 heavy (non-hydrogen) atoms. The van der Waals surface area contributed by atoms with E-state index < -0.39 is 0 Å². The number of nitrogens with one attached hydrogen (secondary N) is 2. The van der Waals surface area contributed by atoms with Gasteiger partial charge in [-0.25, -0.2) is 4.98 Å². The Morgan fingerprint density at radius 3 is 2.88 bits per heavy atom. The molecule has 2 aromatic heterocycles. The van der Waals surface area contributed by atoms with Gasteiger partial charge in [0.2, 0.25) is 0 Å². The van der Waals surface area contributed by atoms with Gasteiger partial charge in [-0.3, -0.25) is 0 Å². The number of thiophene rings is 1. The Balaban J connectivity index is 2.19. The molecule has 86 valence electrons. The smallest absolute Gasteiger partial charge is 0.107 e. The number of nitrogens with zero attached hydrogens (tertiary/aromatic N) is 1.